The van der Waals surface area contributed by atoms with Crippen molar-refractivity contribution in [2.24, 2.45) is 0 Å². The summed E-state index contributed by atoms with van der Waals surface area (Å²) in [7, 11) is 0. The molecule has 2 N–H and O–H groups in total. The van der Waals surface area contributed by atoms with E-state index in [4.69, 9.17) is 0 Å². The molecule has 1 aromatic heterocycles. The van der Waals surface area contributed by atoms with Crippen LogP contribution in [-0.4, -0.2) is 40.0 Å². The molecule has 162 valence electrons. The average molecular weight is 447 g/mol. The number of hydrogen-bond donors (Lipinski definition) is 2. The van der Waals surface area contributed by atoms with Gasteiger partial charge in [-0.2, -0.15) is 0 Å². The van der Waals surface area contributed by atoms with Gasteiger partial charge in [-0.05, 0) is 48.7 Å². The molecule has 1 atom stereocenters. The molecular weight excluding hydrogens is 427 g/mol. The second-order valence-corrected chi connectivity index (χ2v) is 8.30. The average Bonchev–Trinajstić information content (AvgIpc) is 3.49. The molecule has 2 aromatic carbocycles. The van der Waals surface area contributed by atoms with Crippen LogP contribution in [0.5, 0.6) is 0 Å². The van der Waals surface area contributed by atoms with Gasteiger partial charge in [-0.1, -0.05) is 12.1 Å². The molecule has 1 aliphatic carbocycles. The van der Waals surface area contributed by atoms with Gasteiger partial charge in [0.2, 0.25) is 5.91 Å². The van der Waals surface area contributed by atoms with Gasteiger partial charge in [0.25, 0.3) is 0 Å². The molecule has 9 heteroatoms. The van der Waals surface area contributed by atoms with Crippen LogP contribution in [0.4, 0.5) is 18.3 Å². The summed E-state index contributed by atoms with van der Waals surface area (Å²) in [5.41, 5.74) is 1.44. The monoisotopic (exact) mass is 447 g/mol. The van der Waals surface area contributed by atoms with E-state index in [-0.39, 0.29) is 30.9 Å². The molecule has 1 fully saturated rings. The Morgan fingerprint density at radius 1 is 1.16 bits per heavy atom. The summed E-state index contributed by atoms with van der Waals surface area (Å²) in [4.78, 5) is 18.7. The predicted octanol–water partition coefficient (Wildman–Crippen LogP) is 4.36. The number of hydrogen-bond acceptors (Lipinski definition) is 5. The van der Waals surface area contributed by atoms with E-state index >= 15 is 0 Å². The number of thiazole rings is 1. The van der Waals surface area contributed by atoms with Gasteiger partial charge in [0, 0.05) is 23.5 Å². The maximum absolute atomic E-state index is 13.4. The van der Waals surface area contributed by atoms with Crippen LogP contribution in [0, 0.1) is 17.5 Å². The zero-order chi connectivity index (χ0) is 22.0. The number of carbonyl (C=O) groups is 1. The molecule has 31 heavy (non-hydrogen) atoms. The molecule has 1 heterocycles. The van der Waals surface area contributed by atoms with Crippen molar-refractivity contribution in [1.82, 2.24) is 9.88 Å². The lowest BCUT2D eigenvalue weighted by Crippen LogP contribution is -2.37. The molecule has 1 saturated carbocycles. The molecule has 1 amide bonds. The number of nitrogens with zero attached hydrogens (tertiary/aromatic N) is 2. The lowest BCUT2D eigenvalue weighted by molar-refractivity contribution is -0.117. The summed E-state index contributed by atoms with van der Waals surface area (Å²) in [6.07, 6.45) is 1.05. The molecule has 0 spiro atoms. The zero-order valence-electron chi connectivity index (χ0n) is 16.4. The molecule has 0 aliphatic heterocycles. The minimum absolute atomic E-state index is 0.0724. The predicted molar refractivity (Wildman–Crippen MR) is 112 cm³/mol. The second kappa shape index (κ2) is 9.17. The first-order valence-corrected chi connectivity index (χ1v) is 10.7. The highest BCUT2D eigenvalue weighted by molar-refractivity contribution is 7.14. The third-order valence-electron chi connectivity index (χ3n) is 5.04. The SMILES string of the molecule is O=C(CN(CC(O)c1ccc(F)cc1)C1CC1)Nc1nc(-c2ccc(F)c(F)c2)cs1. The highest BCUT2D eigenvalue weighted by Crippen LogP contribution is 2.29. The minimum atomic E-state index is -0.962. The highest BCUT2D eigenvalue weighted by Gasteiger charge is 2.32. The fourth-order valence-electron chi connectivity index (χ4n) is 3.26. The van der Waals surface area contributed by atoms with Crippen molar-refractivity contribution in [3.63, 3.8) is 0 Å². The van der Waals surface area contributed by atoms with Gasteiger partial charge >= 0.3 is 0 Å². The molecular formula is C22H20F3N3O2S. The fraction of sp³-hybridized carbons (Fsp3) is 0.273. The van der Waals surface area contributed by atoms with E-state index in [0.717, 1.165) is 25.0 Å². The number of rotatable bonds is 8. The third kappa shape index (κ3) is 5.49. The highest BCUT2D eigenvalue weighted by atomic mass is 32.1. The van der Waals surface area contributed by atoms with Crippen molar-refractivity contribution in [1.29, 1.82) is 0 Å². The van der Waals surface area contributed by atoms with Crippen molar-refractivity contribution >= 4 is 22.4 Å². The number of benzene rings is 2. The fourth-order valence-corrected chi connectivity index (χ4v) is 3.99. The number of aromatic nitrogens is 1. The van der Waals surface area contributed by atoms with Crippen molar-refractivity contribution in [2.75, 3.05) is 18.4 Å². The van der Waals surface area contributed by atoms with Crippen molar-refractivity contribution in [3.05, 3.63) is 70.9 Å². The Balaban J connectivity index is 1.37. The first-order valence-electron chi connectivity index (χ1n) is 9.77. The number of anilines is 1. The summed E-state index contributed by atoms with van der Waals surface area (Å²) in [6, 6.07) is 9.37. The van der Waals surface area contributed by atoms with Crippen molar-refractivity contribution in [3.8, 4) is 11.3 Å². The van der Waals surface area contributed by atoms with Crippen LogP contribution in [-0.2, 0) is 4.79 Å². The minimum Gasteiger partial charge on any atom is -0.387 e. The summed E-state index contributed by atoms with van der Waals surface area (Å²) in [5, 5.41) is 15.2. The number of aliphatic hydroxyl groups excluding tert-OH is 1. The van der Waals surface area contributed by atoms with Gasteiger partial charge in [0.1, 0.15) is 5.82 Å². The van der Waals surface area contributed by atoms with E-state index in [9.17, 15) is 23.1 Å². The van der Waals surface area contributed by atoms with E-state index in [0.29, 0.717) is 22.0 Å². The van der Waals surface area contributed by atoms with Crippen molar-refractivity contribution in [2.45, 2.75) is 25.0 Å². The smallest absolute Gasteiger partial charge is 0.240 e. The van der Waals surface area contributed by atoms with Gasteiger partial charge in [0.05, 0.1) is 18.3 Å². The van der Waals surface area contributed by atoms with Gasteiger partial charge in [0.15, 0.2) is 16.8 Å². The molecule has 4 rings (SSSR count). The molecule has 1 aliphatic rings. The van der Waals surface area contributed by atoms with Gasteiger partial charge in [-0.15, -0.1) is 11.3 Å². The number of carbonyl (C=O) groups excluding carboxylic acids is 1. The lowest BCUT2D eigenvalue weighted by Gasteiger charge is -2.24. The molecule has 1 unspecified atom stereocenters. The van der Waals surface area contributed by atoms with Crippen LogP contribution >= 0.6 is 11.3 Å². The molecule has 0 radical (unpaired) electrons. The number of amides is 1. The topological polar surface area (TPSA) is 65.5 Å². The first-order chi connectivity index (χ1) is 14.9. The summed E-state index contributed by atoms with van der Waals surface area (Å²) < 4.78 is 39.6. The van der Waals surface area contributed by atoms with E-state index in [2.05, 4.69) is 10.3 Å². The van der Waals surface area contributed by atoms with Gasteiger partial charge in [-0.3, -0.25) is 9.69 Å². The maximum Gasteiger partial charge on any atom is 0.240 e. The van der Waals surface area contributed by atoms with E-state index in [1.165, 1.54) is 41.7 Å². The third-order valence-corrected chi connectivity index (χ3v) is 5.80. The normalized spacial score (nSPS) is 14.6. The first kappa shape index (κ1) is 21.5. The van der Waals surface area contributed by atoms with E-state index < -0.39 is 17.7 Å². The zero-order valence-corrected chi connectivity index (χ0v) is 17.2. The largest absolute Gasteiger partial charge is 0.387 e. The van der Waals surface area contributed by atoms with Crippen molar-refractivity contribution < 1.29 is 23.1 Å². The summed E-state index contributed by atoms with van der Waals surface area (Å²) in [5.74, 6) is -2.56. The standard InChI is InChI=1S/C22H20F3N3O2S/c23-15-4-1-13(2-5-15)20(29)10-28(16-6-7-16)11-21(30)27-22-26-19(12-31-22)14-3-8-17(24)18(25)9-14/h1-5,8-9,12,16,20,29H,6-7,10-11H2,(H,26,27,30). The Hall–Kier alpha value is -2.75. The molecule has 3 aromatic rings. The second-order valence-electron chi connectivity index (χ2n) is 7.44. The Bertz CT molecular complexity index is 1070. The van der Waals surface area contributed by atoms with Crippen LogP contribution in [0.3, 0.4) is 0 Å². The Labute approximate surface area is 181 Å². The number of nitrogens with one attached hydrogen (secondary N) is 1. The van der Waals surface area contributed by atoms with Crippen LogP contribution in [0.2, 0.25) is 0 Å². The Morgan fingerprint density at radius 2 is 1.90 bits per heavy atom. The number of halogens is 3. The van der Waals surface area contributed by atoms with Crippen LogP contribution in [0.25, 0.3) is 11.3 Å². The quantitative estimate of drug-likeness (QED) is 0.539. The lowest BCUT2D eigenvalue weighted by atomic mass is 10.1. The Morgan fingerprint density at radius 3 is 2.58 bits per heavy atom. The molecule has 0 bridgehead atoms. The number of aliphatic hydroxyl groups is 1. The van der Waals surface area contributed by atoms with Crippen LogP contribution in [0.1, 0.15) is 24.5 Å². The summed E-state index contributed by atoms with van der Waals surface area (Å²) in [6.45, 7) is 0.324. The Kier molecular flexibility index (Phi) is 6.35. The molecule has 5 nitrogen and oxygen atoms in total. The van der Waals surface area contributed by atoms with E-state index in [1.807, 2.05) is 4.90 Å². The van der Waals surface area contributed by atoms with Gasteiger partial charge < -0.3 is 10.4 Å². The van der Waals surface area contributed by atoms with Crippen LogP contribution < -0.4 is 5.32 Å². The maximum atomic E-state index is 13.4. The summed E-state index contributed by atoms with van der Waals surface area (Å²) >= 11 is 1.18. The molecule has 0 saturated heterocycles. The van der Waals surface area contributed by atoms with Gasteiger partial charge in [-0.25, -0.2) is 18.2 Å². The van der Waals surface area contributed by atoms with E-state index in [1.54, 1.807) is 5.38 Å². The van der Waals surface area contributed by atoms with Crippen LogP contribution in [0.15, 0.2) is 47.8 Å².